The van der Waals surface area contributed by atoms with Crippen molar-refractivity contribution in [2.45, 2.75) is 25.8 Å². The van der Waals surface area contributed by atoms with Crippen LogP contribution < -0.4 is 15.5 Å². The number of fused-ring (bicyclic) bond motifs is 1. The molecule has 0 spiro atoms. The van der Waals surface area contributed by atoms with E-state index in [1.807, 2.05) is 11.8 Å². The van der Waals surface area contributed by atoms with Gasteiger partial charge in [0.05, 0.1) is 31.0 Å². The summed E-state index contributed by atoms with van der Waals surface area (Å²) in [7, 11) is 0. The fraction of sp³-hybridized carbons (Fsp3) is 0.421. The Kier molecular flexibility index (Phi) is 5.03. The predicted molar refractivity (Wildman–Crippen MR) is 104 cm³/mol. The van der Waals surface area contributed by atoms with E-state index in [2.05, 4.69) is 4.98 Å². The lowest BCUT2D eigenvalue weighted by Crippen LogP contribution is -2.37. The number of aromatic nitrogens is 1. The van der Waals surface area contributed by atoms with Gasteiger partial charge in [0.2, 0.25) is 5.91 Å². The first-order valence-corrected chi connectivity index (χ1v) is 9.99. The number of thiazole rings is 1. The highest BCUT2D eigenvalue weighted by Crippen LogP contribution is 2.35. The Bertz CT molecular complexity index is 926. The van der Waals surface area contributed by atoms with Crippen molar-refractivity contribution in [1.29, 1.82) is 0 Å². The monoisotopic (exact) mass is 404 g/mol. The average Bonchev–Trinajstić information content (AvgIpc) is 3.24. The number of ether oxygens (including phenoxy) is 1. The van der Waals surface area contributed by atoms with E-state index in [0.29, 0.717) is 59.7 Å². The predicted octanol–water partition coefficient (Wildman–Crippen LogP) is 1.74. The number of primary amides is 1. The summed E-state index contributed by atoms with van der Waals surface area (Å²) in [5.74, 6) is -1.13. The maximum atomic E-state index is 14.1. The van der Waals surface area contributed by atoms with Crippen molar-refractivity contribution in [3.63, 3.8) is 0 Å². The molecule has 2 aliphatic rings. The second kappa shape index (κ2) is 7.48. The molecule has 0 aliphatic carbocycles. The number of hydrogen-bond donors (Lipinski definition) is 1. The van der Waals surface area contributed by atoms with Crippen molar-refractivity contribution in [3.8, 4) is 0 Å². The van der Waals surface area contributed by atoms with Crippen molar-refractivity contribution in [2.75, 3.05) is 36.1 Å². The zero-order valence-electron chi connectivity index (χ0n) is 15.5. The number of carbonyl (C=O) groups is 2. The van der Waals surface area contributed by atoms with Gasteiger partial charge in [-0.1, -0.05) is 17.4 Å². The van der Waals surface area contributed by atoms with E-state index in [1.54, 1.807) is 17.0 Å². The van der Waals surface area contributed by atoms with E-state index < -0.39 is 5.91 Å². The second-order valence-corrected chi connectivity index (χ2v) is 7.94. The summed E-state index contributed by atoms with van der Waals surface area (Å²) in [4.78, 5) is 33.4. The minimum absolute atomic E-state index is 0.0561. The van der Waals surface area contributed by atoms with E-state index in [9.17, 15) is 14.0 Å². The number of nitrogens with two attached hydrogens (primary N) is 1. The van der Waals surface area contributed by atoms with Crippen molar-refractivity contribution in [1.82, 2.24) is 4.98 Å². The number of rotatable bonds is 4. The Labute approximate surface area is 165 Å². The zero-order chi connectivity index (χ0) is 19.8. The molecule has 0 unspecified atom stereocenters. The summed E-state index contributed by atoms with van der Waals surface area (Å²) in [6, 6.07) is 4.59. The van der Waals surface area contributed by atoms with Gasteiger partial charge in [-0.05, 0) is 25.5 Å². The molecule has 2 aromatic rings. The topological polar surface area (TPSA) is 88.8 Å². The maximum absolute atomic E-state index is 14.1. The lowest BCUT2D eigenvalue weighted by atomic mass is 10.1. The summed E-state index contributed by atoms with van der Waals surface area (Å²) in [6.45, 7) is 4.41. The third-order valence-electron chi connectivity index (χ3n) is 5.07. The van der Waals surface area contributed by atoms with E-state index >= 15 is 0 Å². The molecule has 148 valence electrons. The highest BCUT2D eigenvalue weighted by Gasteiger charge is 2.34. The van der Waals surface area contributed by atoms with Gasteiger partial charge in [-0.2, -0.15) is 0 Å². The van der Waals surface area contributed by atoms with Crippen molar-refractivity contribution < 1.29 is 18.7 Å². The molecule has 0 bridgehead atoms. The minimum atomic E-state index is -0.597. The molecule has 7 nitrogen and oxygen atoms in total. The maximum Gasteiger partial charge on any atom is 0.260 e. The highest BCUT2D eigenvalue weighted by molar-refractivity contribution is 7.17. The third kappa shape index (κ3) is 3.35. The molecule has 1 fully saturated rings. The molecule has 2 aliphatic heterocycles. The SMILES string of the molecule is C[C@H]1Cc2c(F)cccc2N1C(=O)Cc1nc(N2CCOCC2)sc1C(N)=O. The van der Waals surface area contributed by atoms with Gasteiger partial charge >= 0.3 is 0 Å². The van der Waals surface area contributed by atoms with Gasteiger partial charge in [0.1, 0.15) is 10.7 Å². The molecule has 4 rings (SSSR count). The van der Waals surface area contributed by atoms with E-state index in [0.717, 1.165) is 0 Å². The average molecular weight is 404 g/mol. The molecular weight excluding hydrogens is 383 g/mol. The minimum Gasteiger partial charge on any atom is -0.378 e. The normalized spacial score (nSPS) is 19.0. The van der Waals surface area contributed by atoms with Crippen LogP contribution in [0.5, 0.6) is 0 Å². The zero-order valence-corrected chi connectivity index (χ0v) is 16.3. The highest BCUT2D eigenvalue weighted by atomic mass is 32.1. The summed E-state index contributed by atoms with van der Waals surface area (Å²) in [5, 5.41) is 0.667. The van der Waals surface area contributed by atoms with Crippen LogP contribution in [0, 0.1) is 5.82 Å². The molecule has 1 aromatic heterocycles. The molecule has 1 aromatic carbocycles. The molecule has 0 radical (unpaired) electrons. The van der Waals surface area contributed by atoms with Gasteiger partial charge in [-0.15, -0.1) is 0 Å². The lowest BCUT2D eigenvalue weighted by molar-refractivity contribution is -0.118. The van der Waals surface area contributed by atoms with Crippen LogP contribution in [0.15, 0.2) is 18.2 Å². The molecule has 0 saturated carbocycles. The Morgan fingerprint density at radius 3 is 2.82 bits per heavy atom. The first-order valence-electron chi connectivity index (χ1n) is 9.17. The van der Waals surface area contributed by atoms with Crippen LogP contribution in [0.1, 0.15) is 27.9 Å². The van der Waals surface area contributed by atoms with Crippen molar-refractivity contribution in [3.05, 3.63) is 40.2 Å². The van der Waals surface area contributed by atoms with Crippen LogP contribution in [0.4, 0.5) is 15.2 Å². The number of morpholine rings is 1. The third-order valence-corrected chi connectivity index (χ3v) is 6.25. The summed E-state index contributed by atoms with van der Waals surface area (Å²) in [5.41, 5.74) is 7.03. The van der Waals surface area contributed by atoms with Crippen LogP contribution in [-0.2, 0) is 22.4 Å². The largest absolute Gasteiger partial charge is 0.378 e. The second-order valence-electron chi connectivity index (χ2n) is 6.97. The molecule has 1 atom stereocenters. The number of carbonyl (C=O) groups excluding carboxylic acids is 2. The van der Waals surface area contributed by atoms with Crippen molar-refractivity contribution >= 4 is 34.0 Å². The molecule has 2 N–H and O–H groups in total. The molecule has 1 saturated heterocycles. The van der Waals surface area contributed by atoms with Gasteiger partial charge in [-0.25, -0.2) is 9.37 Å². The molecule has 2 amide bonds. The fourth-order valence-corrected chi connectivity index (χ4v) is 4.74. The van der Waals surface area contributed by atoms with Gasteiger partial charge in [0, 0.05) is 24.7 Å². The Morgan fingerprint density at radius 2 is 2.11 bits per heavy atom. The van der Waals surface area contributed by atoms with Crippen LogP contribution in [0.3, 0.4) is 0 Å². The smallest absolute Gasteiger partial charge is 0.260 e. The number of anilines is 2. The molecule has 3 heterocycles. The summed E-state index contributed by atoms with van der Waals surface area (Å²) < 4.78 is 19.4. The van der Waals surface area contributed by atoms with Crippen LogP contribution >= 0.6 is 11.3 Å². The van der Waals surface area contributed by atoms with Gasteiger partial charge < -0.3 is 20.3 Å². The summed E-state index contributed by atoms with van der Waals surface area (Å²) in [6.07, 6.45) is 0.409. The fourth-order valence-electron chi connectivity index (χ4n) is 3.75. The standard InChI is InChI=1S/C19H21FN4O3S/c1-11-9-12-13(20)3-2-4-15(12)24(11)16(25)10-14-17(18(21)26)28-19(22-14)23-5-7-27-8-6-23/h2-4,11H,5-10H2,1H3,(H2,21,26)/t11-/m0/s1. The summed E-state index contributed by atoms with van der Waals surface area (Å²) >= 11 is 1.20. The van der Waals surface area contributed by atoms with Gasteiger partial charge in [0.15, 0.2) is 5.13 Å². The van der Waals surface area contributed by atoms with Crippen LogP contribution in [0.2, 0.25) is 0 Å². The van der Waals surface area contributed by atoms with E-state index in [4.69, 9.17) is 10.5 Å². The number of hydrogen-bond acceptors (Lipinski definition) is 6. The van der Waals surface area contributed by atoms with Crippen LogP contribution in [0.25, 0.3) is 0 Å². The first kappa shape index (κ1) is 18.8. The van der Waals surface area contributed by atoms with Gasteiger partial charge in [-0.3, -0.25) is 9.59 Å². The number of benzene rings is 1. The number of amides is 2. The van der Waals surface area contributed by atoms with Crippen LogP contribution in [-0.4, -0.2) is 49.1 Å². The molecule has 28 heavy (non-hydrogen) atoms. The van der Waals surface area contributed by atoms with Crippen molar-refractivity contribution in [2.24, 2.45) is 5.73 Å². The molecule has 9 heteroatoms. The Hall–Kier alpha value is -2.52. The van der Waals surface area contributed by atoms with Gasteiger partial charge in [0.25, 0.3) is 5.91 Å². The lowest BCUT2D eigenvalue weighted by Gasteiger charge is -2.26. The quantitative estimate of drug-likeness (QED) is 0.839. The number of halogens is 1. The van der Waals surface area contributed by atoms with E-state index in [-0.39, 0.29) is 24.2 Å². The molecular formula is C19H21FN4O3S. The van der Waals surface area contributed by atoms with E-state index in [1.165, 1.54) is 17.4 Å². The Morgan fingerprint density at radius 1 is 1.36 bits per heavy atom. The number of nitrogens with zero attached hydrogens (tertiary/aromatic N) is 3. The Balaban J connectivity index is 1.60. The first-order chi connectivity index (χ1) is 13.5.